The Morgan fingerprint density at radius 1 is 1.48 bits per heavy atom. The van der Waals surface area contributed by atoms with Gasteiger partial charge in [0.25, 0.3) is 0 Å². The topological polar surface area (TPSA) is 68.5 Å². The lowest BCUT2D eigenvalue weighted by atomic mass is 10.1. The van der Waals surface area contributed by atoms with Crippen LogP contribution in [0.2, 0.25) is 0 Å². The van der Waals surface area contributed by atoms with Crippen LogP contribution in [0.3, 0.4) is 0 Å². The van der Waals surface area contributed by atoms with Crippen molar-refractivity contribution in [3.8, 4) is 5.75 Å². The molecule has 0 aliphatic carbocycles. The van der Waals surface area contributed by atoms with Crippen molar-refractivity contribution in [3.63, 3.8) is 0 Å². The van der Waals surface area contributed by atoms with Gasteiger partial charge in [-0.2, -0.15) is 4.98 Å². The van der Waals surface area contributed by atoms with Gasteiger partial charge in [0.05, 0.1) is 6.61 Å². The minimum Gasteiger partial charge on any atom is -0.494 e. The Morgan fingerprint density at radius 3 is 3.14 bits per heavy atom. The quantitative estimate of drug-likeness (QED) is 0.841. The molecule has 2 heterocycles. The van der Waals surface area contributed by atoms with Crippen molar-refractivity contribution in [2.75, 3.05) is 13.2 Å². The number of nitrogens with zero attached hydrogens (tertiary/aromatic N) is 3. The highest BCUT2D eigenvalue weighted by atomic mass is 16.5. The molecule has 0 N–H and O–H groups in total. The Labute approximate surface area is 122 Å². The molecule has 0 bridgehead atoms. The van der Waals surface area contributed by atoms with Gasteiger partial charge >= 0.3 is 0 Å². The molecule has 1 amide bonds. The highest BCUT2D eigenvalue weighted by molar-refractivity contribution is 5.79. The van der Waals surface area contributed by atoms with E-state index >= 15 is 0 Å². The zero-order chi connectivity index (χ0) is 14.7. The van der Waals surface area contributed by atoms with E-state index in [2.05, 4.69) is 10.1 Å². The van der Waals surface area contributed by atoms with Crippen LogP contribution in [0.5, 0.6) is 5.75 Å². The minimum atomic E-state index is 0.0197. The SMILES string of the molecule is CCOc1cccc(CN2CC(c3ncon3)CC2=O)c1. The number of rotatable bonds is 5. The molecule has 6 heteroatoms. The predicted octanol–water partition coefficient (Wildman–Crippen LogP) is 1.98. The van der Waals surface area contributed by atoms with Gasteiger partial charge in [0.1, 0.15) is 5.75 Å². The third kappa shape index (κ3) is 3.04. The smallest absolute Gasteiger partial charge is 0.223 e. The first-order valence-electron chi connectivity index (χ1n) is 7.02. The van der Waals surface area contributed by atoms with Crippen molar-refractivity contribution in [2.45, 2.75) is 25.8 Å². The highest BCUT2D eigenvalue weighted by Gasteiger charge is 2.33. The number of hydrogen-bond donors (Lipinski definition) is 0. The van der Waals surface area contributed by atoms with Gasteiger partial charge in [0, 0.05) is 25.4 Å². The Bertz CT molecular complexity index is 612. The van der Waals surface area contributed by atoms with E-state index in [0.29, 0.717) is 31.9 Å². The normalized spacial score (nSPS) is 18.2. The van der Waals surface area contributed by atoms with Gasteiger partial charge in [-0.25, -0.2) is 0 Å². The number of hydrogen-bond acceptors (Lipinski definition) is 5. The summed E-state index contributed by atoms with van der Waals surface area (Å²) < 4.78 is 10.2. The fourth-order valence-corrected chi connectivity index (χ4v) is 2.58. The fourth-order valence-electron chi connectivity index (χ4n) is 2.58. The van der Waals surface area contributed by atoms with E-state index in [1.54, 1.807) is 0 Å². The van der Waals surface area contributed by atoms with E-state index in [4.69, 9.17) is 9.26 Å². The monoisotopic (exact) mass is 287 g/mol. The summed E-state index contributed by atoms with van der Waals surface area (Å²) in [5, 5.41) is 3.83. The standard InChI is InChI=1S/C15H17N3O3/c1-2-20-13-5-3-4-11(6-13)8-18-9-12(7-14(18)19)15-16-10-21-17-15/h3-6,10,12H,2,7-9H2,1H3. The summed E-state index contributed by atoms with van der Waals surface area (Å²) in [6.07, 6.45) is 1.73. The Balaban J connectivity index is 1.68. The summed E-state index contributed by atoms with van der Waals surface area (Å²) in [6, 6.07) is 7.83. The van der Waals surface area contributed by atoms with E-state index in [-0.39, 0.29) is 11.8 Å². The molecule has 1 aliphatic heterocycles. The summed E-state index contributed by atoms with van der Waals surface area (Å²) in [4.78, 5) is 18.0. The van der Waals surface area contributed by atoms with Gasteiger partial charge in [-0.05, 0) is 24.6 Å². The van der Waals surface area contributed by atoms with Crippen LogP contribution in [0, 0.1) is 0 Å². The number of carbonyl (C=O) groups excluding carboxylic acids is 1. The van der Waals surface area contributed by atoms with E-state index < -0.39 is 0 Å². The molecule has 1 atom stereocenters. The average Bonchev–Trinajstić information content (AvgIpc) is 3.10. The second-order valence-corrected chi connectivity index (χ2v) is 5.05. The van der Waals surface area contributed by atoms with Crippen molar-refractivity contribution in [1.82, 2.24) is 15.0 Å². The van der Waals surface area contributed by atoms with E-state index in [1.165, 1.54) is 6.39 Å². The van der Waals surface area contributed by atoms with Crippen LogP contribution in [0.15, 0.2) is 35.2 Å². The number of carbonyl (C=O) groups is 1. The van der Waals surface area contributed by atoms with Crippen molar-refractivity contribution in [1.29, 1.82) is 0 Å². The van der Waals surface area contributed by atoms with Gasteiger partial charge < -0.3 is 14.2 Å². The van der Waals surface area contributed by atoms with Crippen LogP contribution in [-0.4, -0.2) is 34.1 Å². The molecule has 21 heavy (non-hydrogen) atoms. The van der Waals surface area contributed by atoms with Crippen LogP contribution >= 0.6 is 0 Å². The summed E-state index contributed by atoms with van der Waals surface area (Å²) >= 11 is 0. The molecule has 1 aliphatic rings. The summed E-state index contributed by atoms with van der Waals surface area (Å²) in [6.45, 7) is 3.78. The lowest BCUT2D eigenvalue weighted by molar-refractivity contribution is -0.128. The zero-order valence-electron chi connectivity index (χ0n) is 11.9. The molecule has 1 aromatic carbocycles. The third-order valence-corrected chi connectivity index (χ3v) is 3.54. The largest absolute Gasteiger partial charge is 0.494 e. The first-order valence-corrected chi connectivity index (χ1v) is 7.02. The van der Waals surface area contributed by atoms with Crippen molar-refractivity contribution < 1.29 is 14.1 Å². The molecule has 1 unspecified atom stereocenters. The summed E-state index contributed by atoms with van der Waals surface area (Å²) in [7, 11) is 0. The van der Waals surface area contributed by atoms with E-state index in [1.807, 2.05) is 36.1 Å². The number of aromatic nitrogens is 2. The first-order chi connectivity index (χ1) is 10.3. The lowest BCUT2D eigenvalue weighted by Crippen LogP contribution is -2.24. The fraction of sp³-hybridized carbons (Fsp3) is 0.400. The average molecular weight is 287 g/mol. The van der Waals surface area contributed by atoms with Gasteiger partial charge in [0.2, 0.25) is 12.3 Å². The van der Waals surface area contributed by atoms with Gasteiger partial charge in [-0.1, -0.05) is 17.3 Å². The van der Waals surface area contributed by atoms with Crippen LogP contribution in [-0.2, 0) is 11.3 Å². The number of ether oxygens (including phenoxy) is 1. The summed E-state index contributed by atoms with van der Waals surface area (Å²) in [5.41, 5.74) is 1.06. The first kappa shape index (κ1) is 13.6. The van der Waals surface area contributed by atoms with Crippen LogP contribution in [0.4, 0.5) is 0 Å². The predicted molar refractivity (Wildman–Crippen MR) is 74.7 cm³/mol. The summed E-state index contributed by atoms with van der Waals surface area (Å²) in [5.74, 6) is 1.57. The second kappa shape index (κ2) is 5.95. The van der Waals surface area contributed by atoms with Crippen LogP contribution in [0.25, 0.3) is 0 Å². The molecule has 0 radical (unpaired) electrons. The van der Waals surface area contributed by atoms with Crippen molar-refractivity contribution in [3.05, 3.63) is 42.0 Å². The van der Waals surface area contributed by atoms with Gasteiger partial charge in [-0.3, -0.25) is 4.79 Å². The molecule has 1 aromatic heterocycles. The molecular formula is C15H17N3O3. The molecule has 6 nitrogen and oxygen atoms in total. The third-order valence-electron chi connectivity index (χ3n) is 3.54. The molecule has 1 saturated heterocycles. The van der Waals surface area contributed by atoms with Gasteiger partial charge in [-0.15, -0.1) is 0 Å². The molecule has 3 rings (SSSR count). The van der Waals surface area contributed by atoms with Crippen LogP contribution < -0.4 is 4.74 Å². The second-order valence-electron chi connectivity index (χ2n) is 5.05. The maximum absolute atomic E-state index is 12.1. The molecule has 0 spiro atoms. The Morgan fingerprint density at radius 2 is 2.38 bits per heavy atom. The number of likely N-dealkylation sites (tertiary alicyclic amines) is 1. The highest BCUT2D eigenvalue weighted by Crippen LogP contribution is 2.27. The lowest BCUT2D eigenvalue weighted by Gasteiger charge is -2.16. The molecule has 110 valence electrons. The molecule has 2 aromatic rings. The maximum atomic E-state index is 12.1. The van der Waals surface area contributed by atoms with Crippen LogP contribution in [0.1, 0.15) is 30.7 Å². The molecular weight excluding hydrogens is 270 g/mol. The van der Waals surface area contributed by atoms with E-state index in [0.717, 1.165) is 11.3 Å². The minimum absolute atomic E-state index is 0.0197. The molecule has 1 fully saturated rings. The van der Waals surface area contributed by atoms with Gasteiger partial charge in [0.15, 0.2) is 5.82 Å². The number of benzene rings is 1. The van der Waals surface area contributed by atoms with Crippen molar-refractivity contribution >= 4 is 5.91 Å². The van der Waals surface area contributed by atoms with E-state index in [9.17, 15) is 4.79 Å². The molecule has 0 saturated carbocycles. The Kier molecular flexibility index (Phi) is 3.85. The number of amides is 1. The zero-order valence-corrected chi connectivity index (χ0v) is 11.9. The maximum Gasteiger partial charge on any atom is 0.223 e. The Hall–Kier alpha value is -2.37. The van der Waals surface area contributed by atoms with Crippen molar-refractivity contribution in [2.24, 2.45) is 0 Å².